The summed E-state index contributed by atoms with van der Waals surface area (Å²) in [6.45, 7) is 9.89. The molecule has 25 heavy (non-hydrogen) atoms. The maximum absolute atomic E-state index is 12.9. The zero-order valence-corrected chi connectivity index (χ0v) is 16.1. The van der Waals surface area contributed by atoms with Crippen molar-refractivity contribution in [3.63, 3.8) is 0 Å². The normalized spacial score (nSPS) is 23.5. The fourth-order valence-corrected chi connectivity index (χ4v) is 3.11. The summed E-state index contributed by atoms with van der Waals surface area (Å²) in [6, 6.07) is 7.60. The van der Waals surface area contributed by atoms with Gasteiger partial charge in [-0.3, -0.25) is 4.79 Å². The van der Waals surface area contributed by atoms with Crippen LogP contribution < -0.4 is 10.1 Å². The van der Waals surface area contributed by atoms with Crippen LogP contribution in [0.4, 0.5) is 5.69 Å². The van der Waals surface area contributed by atoms with Gasteiger partial charge in [-0.15, -0.1) is 0 Å². The van der Waals surface area contributed by atoms with Gasteiger partial charge in [-0.25, -0.2) is 0 Å². The van der Waals surface area contributed by atoms with Crippen LogP contribution in [0.2, 0.25) is 0 Å². The lowest BCUT2D eigenvalue weighted by atomic mass is 9.78. The smallest absolute Gasteiger partial charge is 0.256 e. The van der Waals surface area contributed by atoms with E-state index in [9.17, 15) is 4.79 Å². The third kappa shape index (κ3) is 5.74. The Morgan fingerprint density at radius 3 is 2.44 bits per heavy atom. The van der Waals surface area contributed by atoms with Crippen LogP contribution in [0.3, 0.4) is 0 Å². The van der Waals surface area contributed by atoms with Crippen LogP contribution >= 0.6 is 0 Å². The van der Waals surface area contributed by atoms with E-state index in [1.807, 2.05) is 24.3 Å². The van der Waals surface area contributed by atoms with Crippen molar-refractivity contribution in [2.24, 2.45) is 11.8 Å². The molecule has 4 heteroatoms. The maximum Gasteiger partial charge on any atom is 0.256 e. The first-order valence-corrected chi connectivity index (χ1v) is 9.63. The Bertz CT molecular complexity index is 525. The highest BCUT2D eigenvalue weighted by molar-refractivity contribution is 5.97. The number of carbonyl (C=O) groups is 1. The molecule has 0 atom stereocenters. The minimum absolute atomic E-state index is 0.0105. The number of rotatable bonds is 8. The van der Waals surface area contributed by atoms with Gasteiger partial charge in [-0.05, 0) is 68.2 Å². The van der Waals surface area contributed by atoms with Crippen molar-refractivity contribution in [3.8, 4) is 5.75 Å². The highest BCUT2D eigenvalue weighted by atomic mass is 16.5. The van der Waals surface area contributed by atoms with E-state index in [-0.39, 0.29) is 5.91 Å². The number of anilines is 1. The van der Waals surface area contributed by atoms with E-state index in [4.69, 9.17) is 9.47 Å². The van der Waals surface area contributed by atoms with E-state index in [0.29, 0.717) is 25.0 Å². The molecule has 1 aliphatic carbocycles. The average molecular weight is 347 g/mol. The first kappa shape index (κ1) is 19.8. The van der Waals surface area contributed by atoms with E-state index in [0.717, 1.165) is 43.5 Å². The Balaban J connectivity index is 2.00. The predicted octanol–water partition coefficient (Wildman–Crippen LogP) is 5.04. The second kappa shape index (κ2) is 9.23. The van der Waals surface area contributed by atoms with Crippen LogP contribution in [-0.4, -0.2) is 24.7 Å². The van der Waals surface area contributed by atoms with E-state index in [1.165, 1.54) is 0 Å². The molecule has 0 radical (unpaired) electrons. The summed E-state index contributed by atoms with van der Waals surface area (Å²) in [5.41, 5.74) is 0.120. The van der Waals surface area contributed by atoms with E-state index < -0.39 is 5.60 Å². The van der Waals surface area contributed by atoms with Crippen molar-refractivity contribution in [2.75, 3.05) is 18.5 Å². The molecule has 0 aliphatic heterocycles. The van der Waals surface area contributed by atoms with E-state index in [2.05, 4.69) is 33.0 Å². The number of nitrogens with one attached hydrogen (secondary N) is 1. The number of carbonyl (C=O) groups excluding carboxylic acids is 1. The van der Waals surface area contributed by atoms with Crippen molar-refractivity contribution in [1.82, 2.24) is 0 Å². The fourth-order valence-electron chi connectivity index (χ4n) is 3.11. The predicted molar refractivity (Wildman–Crippen MR) is 102 cm³/mol. The van der Waals surface area contributed by atoms with Gasteiger partial charge in [0.15, 0.2) is 0 Å². The summed E-state index contributed by atoms with van der Waals surface area (Å²) in [6.07, 6.45) is 4.61. The standard InChI is InChI=1S/C21H33NO3/c1-5-14-25-21(12-10-17(4)11-13-21)20(23)22-18-6-8-19(9-7-18)24-15-16(2)3/h6-9,16-17H,5,10-15H2,1-4H3,(H,22,23). The molecule has 1 aromatic rings. The molecule has 1 aliphatic rings. The number of benzene rings is 1. The fraction of sp³-hybridized carbons (Fsp3) is 0.667. The molecule has 1 fully saturated rings. The minimum Gasteiger partial charge on any atom is -0.493 e. The number of hydrogen-bond acceptors (Lipinski definition) is 3. The summed E-state index contributed by atoms with van der Waals surface area (Å²) < 4.78 is 11.7. The zero-order valence-electron chi connectivity index (χ0n) is 16.1. The molecule has 0 bridgehead atoms. The van der Waals surface area contributed by atoms with Gasteiger partial charge < -0.3 is 14.8 Å². The molecule has 2 rings (SSSR count). The summed E-state index contributed by atoms with van der Waals surface area (Å²) >= 11 is 0. The van der Waals surface area contributed by atoms with Crippen molar-refractivity contribution in [3.05, 3.63) is 24.3 Å². The zero-order chi connectivity index (χ0) is 18.3. The lowest BCUT2D eigenvalue weighted by Gasteiger charge is -2.38. The molecule has 1 amide bonds. The summed E-state index contributed by atoms with van der Waals surface area (Å²) in [5, 5.41) is 3.05. The quantitative estimate of drug-likeness (QED) is 0.717. The molecule has 0 unspecified atom stereocenters. The molecular weight excluding hydrogens is 314 g/mol. The van der Waals surface area contributed by atoms with Gasteiger partial charge in [-0.1, -0.05) is 27.7 Å². The van der Waals surface area contributed by atoms with Gasteiger partial charge in [0.2, 0.25) is 0 Å². The number of amides is 1. The van der Waals surface area contributed by atoms with Crippen LogP contribution in [0.1, 0.15) is 59.8 Å². The van der Waals surface area contributed by atoms with Crippen LogP contribution in [-0.2, 0) is 9.53 Å². The largest absolute Gasteiger partial charge is 0.493 e. The van der Waals surface area contributed by atoms with Crippen LogP contribution in [0, 0.1) is 11.8 Å². The van der Waals surface area contributed by atoms with Gasteiger partial charge in [0.05, 0.1) is 6.61 Å². The molecule has 1 aromatic carbocycles. The molecule has 140 valence electrons. The van der Waals surface area contributed by atoms with Crippen LogP contribution in [0.15, 0.2) is 24.3 Å². The molecule has 4 nitrogen and oxygen atoms in total. The third-order valence-corrected chi connectivity index (χ3v) is 4.77. The van der Waals surface area contributed by atoms with Crippen molar-refractivity contribution >= 4 is 11.6 Å². The van der Waals surface area contributed by atoms with Crippen molar-refractivity contribution in [1.29, 1.82) is 0 Å². The molecule has 0 saturated heterocycles. The van der Waals surface area contributed by atoms with Crippen molar-refractivity contribution < 1.29 is 14.3 Å². The molecular formula is C21H33NO3. The van der Waals surface area contributed by atoms with Gasteiger partial charge in [-0.2, -0.15) is 0 Å². The first-order chi connectivity index (χ1) is 11.9. The summed E-state index contributed by atoms with van der Waals surface area (Å²) in [5.74, 6) is 1.98. The second-order valence-electron chi connectivity index (χ2n) is 7.71. The highest BCUT2D eigenvalue weighted by Gasteiger charge is 2.42. The maximum atomic E-state index is 12.9. The summed E-state index contributed by atoms with van der Waals surface area (Å²) in [4.78, 5) is 12.9. The van der Waals surface area contributed by atoms with Gasteiger partial charge in [0.1, 0.15) is 11.4 Å². The van der Waals surface area contributed by atoms with Gasteiger partial charge in [0.25, 0.3) is 5.91 Å². The van der Waals surface area contributed by atoms with Gasteiger partial charge >= 0.3 is 0 Å². The minimum atomic E-state index is -0.671. The molecule has 0 aromatic heterocycles. The van der Waals surface area contributed by atoms with Gasteiger partial charge in [0, 0.05) is 12.3 Å². The van der Waals surface area contributed by atoms with Crippen LogP contribution in [0.25, 0.3) is 0 Å². The van der Waals surface area contributed by atoms with E-state index in [1.54, 1.807) is 0 Å². The topological polar surface area (TPSA) is 47.6 Å². The van der Waals surface area contributed by atoms with Crippen molar-refractivity contribution in [2.45, 2.75) is 65.4 Å². The molecule has 0 spiro atoms. The Morgan fingerprint density at radius 1 is 1.24 bits per heavy atom. The monoisotopic (exact) mass is 347 g/mol. The SMILES string of the molecule is CCCOC1(C(=O)Nc2ccc(OCC(C)C)cc2)CCC(C)CC1. The van der Waals surface area contributed by atoms with Crippen LogP contribution in [0.5, 0.6) is 5.75 Å². The summed E-state index contributed by atoms with van der Waals surface area (Å²) in [7, 11) is 0. The Labute approximate surface area is 152 Å². The first-order valence-electron chi connectivity index (χ1n) is 9.63. The van der Waals surface area contributed by atoms with E-state index >= 15 is 0 Å². The Kier molecular flexibility index (Phi) is 7.30. The number of hydrogen-bond donors (Lipinski definition) is 1. The highest BCUT2D eigenvalue weighted by Crippen LogP contribution is 2.36. The third-order valence-electron chi connectivity index (χ3n) is 4.77. The molecule has 1 N–H and O–H groups in total. The average Bonchev–Trinajstić information content (AvgIpc) is 2.61. The molecule has 1 saturated carbocycles. The Morgan fingerprint density at radius 2 is 1.88 bits per heavy atom. The second-order valence-corrected chi connectivity index (χ2v) is 7.71. The lowest BCUT2D eigenvalue weighted by molar-refractivity contribution is -0.147. The molecule has 0 heterocycles. The lowest BCUT2D eigenvalue weighted by Crippen LogP contribution is -2.48. The number of ether oxygens (including phenoxy) is 2. The Hall–Kier alpha value is -1.55.